The second-order valence-electron chi connectivity index (χ2n) is 7.38. The van der Waals surface area contributed by atoms with Gasteiger partial charge in [0, 0.05) is 5.41 Å². The Kier molecular flexibility index (Phi) is 3.08. The minimum Gasteiger partial charge on any atom is -0.446 e. The minimum atomic E-state index is -0.518. The molecule has 3 nitrogen and oxygen atoms in total. The van der Waals surface area contributed by atoms with Crippen molar-refractivity contribution in [1.29, 1.82) is 5.26 Å². The molecule has 19 heavy (non-hydrogen) atoms. The van der Waals surface area contributed by atoms with Crippen LogP contribution in [0.1, 0.15) is 52.4 Å². The number of hydrogen-bond donors (Lipinski definition) is 0. The number of nitriles is 1. The van der Waals surface area contributed by atoms with Gasteiger partial charge >= 0.3 is 5.97 Å². The summed E-state index contributed by atoms with van der Waals surface area (Å²) in [6.45, 7) is 3.66. The highest BCUT2D eigenvalue weighted by molar-refractivity contribution is 5.72. The van der Waals surface area contributed by atoms with Crippen LogP contribution in [0.5, 0.6) is 0 Å². The van der Waals surface area contributed by atoms with E-state index in [1.165, 1.54) is 19.3 Å². The largest absolute Gasteiger partial charge is 0.446 e. The summed E-state index contributed by atoms with van der Waals surface area (Å²) in [4.78, 5) is 11.8. The van der Waals surface area contributed by atoms with Gasteiger partial charge in [-0.2, -0.15) is 5.26 Å². The molecule has 0 heterocycles. The molecule has 4 aliphatic rings. The van der Waals surface area contributed by atoms with Crippen molar-refractivity contribution in [2.45, 2.75) is 58.5 Å². The van der Waals surface area contributed by atoms with E-state index in [4.69, 9.17) is 4.74 Å². The minimum absolute atomic E-state index is 0.0198. The van der Waals surface area contributed by atoms with Gasteiger partial charge in [0.05, 0.1) is 5.92 Å². The molecule has 0 N–H and O–H groups in total. The summed E-state index contributed by atoms with van der Waals surface area (Å²) in [5.41, 5.74) is -0.0198. The molecule has 4 fully saturated rings. The molecular weight excluding hydrogens is 238 g/mol. The predicted octanol–water partition coefficient (Wildman–Crippen LogP) is 3.29. The maximum atomic E-state index is 11.8. The highest BCUT2D eigenvalue weighted by atomic mass is 16.5. The molecule has 0 spiro atoms. The van der Waals surface area contributed by atoms with Crippen LogP contribution in [0.4, 0.5) is 0 Å². The SMILES string of the molecule is CC(C)C(=O)OC(C#N)C12CC3CC(CC(C3)C1)C2. The summed E-state index contributed by atoms with van der Waals surface area (Å²) in [5, 5.41) is 9.49. The molecule has 4 rings (SSSR count). The van der Waals surface area contributed by atoms with Crippen LogP contribution >= 0.6 is 0 Å². The van der Waals surface area contributed by atoms with Gasteiger partial charge in [-0.15, -0.1) is 0 Å². The van der Waals surface area contributed by atoms with Crippen LogP contribution in [-0.4, -0.2) is 12.1 Å². The van der Waals surface area contributed by atoms with E-state index in [1.807, 2.05) is 13.8 Å². The molecule has 0 aromatic heterocycles. The lowest BCUT2D eigenvalue weighted by Gasteiger charge is -2.57. The van der Waals surface area contributed by atoms with Gasteiger partial charge in [0.15, 0.2) is 6.10 Å². The third kappa shape index (κ3) is 2.16. The molecule has 0 aromatic carbocycles. The molecule has 0 amide bonds. The topological polar surface area (TPSA) is 50.1 Å². The van der Waals surface area contributed by atoms with Crippen molar-refractivity contribution in [3.05, 3.63) is 0 Å². The van der Waals surface area contributed by atoms with Crippen molar-refractivity contribution in [3.63, 3.8) is 0 Å². The number of hydrogen-bond acceptors (Lipinski definition) is 3. The van der Waals surface area contributed by atoms with E-state index in [0.29, 0.717) is 0 Å². The van der Waals surface area contributed by atoms with Crippen molar-refractivity contribution in [1.82, 2.24) is 0 Å². The number of nitrogens with zero attached hydrogens (tertiary/aromatic N) is 1. The highest BCUT2D eigenvalue weighted by Gasteiger charge is 2.55. The number of carbonyl (C=O) groups excluding carboxylic acids is 1. The molecule has 4 aliphatic carbocycles. The molecular formula is C16H23NO2. The second-order valence-corrected chi connectivity index (χ2v) is 7.38. The molecule has 4 saturated carbocycles. The van der Waals surface area contributed by atoms with Gasteiger partial charge in [-0.1, -0.05) is 13.8 Å². The Morgan fingerprint density at radius 1 is 1.16 bits per heavy atom. The van der Waals surface area contributed by atoms with Gasteiger partial charge in [-0.05, 0) is 56.3 Å². The Bertz CT molecular complexity index is 386. The summed E-state index contributed by atoms with van der Waals surface area (Å²) >= 11 is 0. The van der Waals surface area contributed by atoms with E-state index >= 15 is 0 Å². The monoisotopic (exact) mass is 261 g/mol. The molecule has 1 atom stereocenters. The molecule has 1 unspecified atom stereocenters. The van der Waals surface area contributed by atoms with E-state index in [9.17, 15) is 10.1 Å². The Morgan fingerprint density at radius 2 is 1.63 bits per heavy atom. The fourth-order valence-electron chi connectivity index (χ4n) is 5.04. The molecule has 3 heteroatoms. The summed E-state index contributed by atoms with van der Waals surface area (Å²) in [5.74, 6) is 1.96. The Hall–Kier alpha value is -1.04. The highest BCUT2D eigenvalue weighted by Crippen LogP contribution is 2.61. The van der Waals surface area contributed by atoms with Crippen LogP contribution < -0.4 is 0 Å². The van der Waals surface area contributed by atoms with Crippen molar-refractivity contribution >= 4 is 5.97 Å². The zero-order valence-electron chi connectivity index (χ0n) is 11.9. The number of rotatable bonds is 3. The van der Waals surface area contributed by atoms with Crippen LogP contribution in [0, 0.1) is 40.4 Å². The van der Waals surface area contributed by atoms with Crippen LogP contribution in [0.3, 0.4) is 0 Å². The predicted molar refractivity (Wildman–Crippen MR) is 70.9 cm³/mol. The van der Waals surface area contributed by atoms with E-state index in [0.717, 1.165) is 37.0 Å². The summed E-state index contributed by atoms with van der Waals surface area (Å²) < 4.78 is 5.55. The van der Waals surface area contributed by atoms with Crippen LogP contribution in [0.25, 0.3) is 0 Å². The quantitative estimate of drug-likeness (QED) is 0.732. The first-order valence-corrected chi connectivity index (χ1v) is 7.62. The first-order chi connectivity index (χ1) is 9.02. The van der Waals surface area contributed by atoms with Crippen molar-refractivity contribution in [2.75, 3.05) is 0 Å². The van der Waals surface area contributed by atoms with Crippen LogP contribution in [0.2, 0.25) is 0 Å². The number of carbonyl (C=O) groups is 1. The van der Waals surface area contributed by atoms with Crippen molar-refractivity contribution < 1.29 is 9.53 Å². The first kappa shape index (κ1) is 13.0. The zero-order valence-corrected chi connectivity index (χ0v) is 11.9. The summed E-state index contributed by atoms with van der Waals surface area (Å²) in [6.07, 6.45) is 6.81. The van der Waals surface area contributed by atoms with Crippen LogP contribution in [0.15, 0.2) is 0 Å². The third-order valence-electron chi connectivity index (χ3n) is 5.46. The Morgan fingerprint density at radius 3 is 2.00 bits per heavy atom. The standard InChI is InChI=1S/C16H23NO2/c1-10(2)15(18)19-14(9-17)16-6-11-3-12(7-16)5-13(4-11)8-16/h10-14H,3-8H2,1-2H3. The van der Waals surface area contributed by atoms with Gasteiger partial charge in [0.1, 0.15) is 6.07 Å². The maximum Gasteiger partial charge on any atom is 0.309 e. The fourth-order valence-corrected chi connectivity index (χ4v) is 5.04. The average Bonchev–Trinajstić information content (AvgIpc) is 2.33. The van der Waals surface area contributed by atoms with Gasteiger partial charge in [0.2, 0.25) is 0 Å². The van der Waals surface area contributed by atoms with Gasteiger partial charge < -0.3 is 4.74 Å². The number of esters is 1. The van der Waals surface area contributed by atoms with Crippen molar-refractivity contribution in [2.24, 2.45) is 29.1 Å². The van der Waals surface area contributed by atoms with Crippen molar-refractivity contribution in [3.8, 4) is 6.07 Å². The lowest BCUT2D eigenvalue weighted by molar-refractivity contribution is -0.168. The van der Waals surface area contributed by atoms with E-state index < -0.39 is 6.10 Å². The Labute approximate surface area is 115 Å². The fraction of sp³-hybridized carbons (Fsp3) is 0.875. The average molecular weight is 261 g/mol. The molecule has 0 saturated heterocycles. The molecule has 0 radical (unpaired) electrons. The number of ether oxygens (including phenoxy) is 1. The van der Waals surface area contributed by atoms with E-state index in [-0.39, 0.29) is 17.3 Å². The van der Waals surface area contributed by atoms with E-state index in [2.05, 4.69) is 6.07 Å². The third-order valence-corrected chi connectivity index (χ3v) is 5.46. The molecule has 104 valence electrons. The Balaban J connectivity index is 1.79. The van der Waals surface area contributed by atoms with Crippen LogP contribution in [-0.2, 0) is 9.53 Å². The molecule has 4 bridgehead atoms. The van der Waals surface area contributed by atoms with E-state index in [1.54, 1.807) is 0 Å². The zero-order chi connectivity index (χ0) is 13.6. The maximum absolute atomic E-state index is 11.8. The summed E-state index contributed by atoms with van der Waals surface area (Å²) in [7, 11) is 0. The summed E-state index contributed by atoms with van der Waals surface area (Å²) in [6, 6.07) is 2.30. The molecule has 0 aromatic rings. The second kappa shape index (κ2) is 4.51. The normalized spacial score (nSPS) is 41.1. The van der Waals surface area contributed by atoms with Gasteiger partial charge in [0.25, 0.3) is 0 Å². The lowest BCUT2D eigenvalue weighted by atomic mass is 9.48. The molecule has 0 aliphatic heterocycles. The smallest absolute Gasteiger partial charge is 0.309 e. The van der Waals surface area contributed by atoms with Gasteiger partial charge in [-0.25, -0.2) is 0 Å². The van der Waals surface area contributed by atoms with Gasteiger partial charge in [-0.3, -0.25) is 4.79 Å². The lowest BCUT2D eigenvalue weighted by Crippen LogP contribution is -2.52. The first-order valence-electron chi connectivity index (χ1n) is 7.62.